The fourth-order valence-corrected chi connectivity index (χ4v) is 2.79. The Morgan fingerprint density at radius 3 is 2.71 bits per heavy atom. The summed E-state index contributed by atoms with van der Waals surface area (Å²) >= 11 is 6.06. The first kappa shape index (κ1) is 14.1. The molecule has 110 valence electrons. The second-order valence-electron chi connectivity index (χ2n) is 5.65. The maximum atomic E-state index is 6.06. The average Bonchev–Trinajstić information content (AvgIpc) is 2.45. The van der Waals surface area contributed by atoms with E-state index in [1.54, 1.807) is 0 Å². The highest BCUT2D eigenvalue weighted by atomic mass is 35.5. The molecule has 0 aliphatic carbocycles. The van der Waals surface area contributed by atoms with Gasteiger partial charge in [0.05, 0.1) is 0 Å². The van der Waals surface area contributed by atoms with Crippen LogP contribution in [0.25, 0.3) is 0 Å². The number of anilines is 3. The lowest BCUT2D eigenvalue weighted by atomic mass is 9.94. The molecule has 3 rings (SSSR count). The molecule has 0 fully saturated rings. The molecule has 6 heteroatoms. The minimum Gasteiger partial charge on any atom is -0.347 e. The molecule has 5 nitrogen and oxygen atoms in total. The van der Waals surface area contributed by atoms with Gasteiger partial charge in [-0.2, -0.15) is 15.0 Å². The van der Waals surface area contributed by atoms with E-state index in [-0.39, 0.29) is 5.28 Å². The van der Waals surface area contributed by atoms with E-state index in [4.69, 9.17) is 11.6 Å². The van der Waals surface area contributed by atoms with Crippen LogP contribution in [-0.2, 0) is 6.42 Å². The van der Waals surface area contributed by atoms with E-state index in [0.29, 0.717) is 17.8 Å². The maximum Gasteiger partial charge on any atom is 0.236 e. The molecule has 0 radical (unpaired) electrons. The van der Waals surface area contributed by atoms with Crippen LogP contribution in [0, 0.1) is 5.92 Å². The molecule has 2 heterocycles. The third-order valence-electron chi connectivity index (χ3n) is 3.57. The number of para-hydroxylation sites is 1. The van der Waals surface area contributed by atoms with Gasteiger partial charge >= 0.3 is 0 Å². The predicted molar refractivity (Wildman–Crippen MR) is 85.5 cm³/mol. The van der Waals surface area contributed by atoms with Crippen LogP contribution >= 0.6 is 11.6 Å². The molecule has 1 aromatic heterocycles. The van der Waals surface area contributed by atoms with Gasteiger partial charge in [-0.25, -0.2) is 0 Å². The summed E-state index contributed by atoms with van der Waals surface area (Å²) in [5.41, 5.74) is 2.47. The first-order valence-corrected chi connectivity index (χ1v) is 7.36. The molecule has 0 bridgehead atoms. The van der Waals surface area contributed by atoms with Crippen molar-refractivity contribution in [2.75, 3.05) is 30.4 Å². The summed E-state index contributed by atoms with van der Waals surface area (Å²) in [7, 11) is 3.78. The number of fused-ring (bicyclic) bond motifs is 1. The largest absolute Gasteiger partial charge is 0.347 e. The van der Waals surface area contributed by atoms with Gasteiger partial charge in [-0.05, 0) is 35.6 Å². The highest BCUT2D eigenvalue weighted by Crippen LogP contribution is 2.34. The zero-order valence-corrected chi connectivity index (χ0v) is 13.2. The highest BCUT2D eigenvalue weighted by molar-refractivity contribution is 6.28. The van der Waals surface area contributed by atoms with Crippen LogP contribution in [0.4, 0.5) is 17.6 Å². The minimum absolute atomic E-state index is 0.222. The first-order chi connectivity index (χ1) is 10.0. The lowest BCUT2D eigenvalue weighted by Gasteiger charge is -2.33. The number of benzene rings is 1. The average molecular weight is 304 g/mol. The Labute approximate surface area is 129 Å². The van der Waals surface area contributed by atoms with Crippen LogP contribution in [-0.4, -0.2) is 35.6 Å². The standard InChI is InChI=1S/C15H18ClN5/c1-10-8-11-6-4-5-7-12(11)21(9-10)15-18-13(16)17-14(19-15)20(2)3/h4-7,10H,8-9H2,1-3H3. The van der Waals surface area contributed by atoms with E-state index in [0.717, 1.165) is 18.7 Å². The summed E-state index contributed by atoms with van der Waals surface area (Å²) in [4.78, 5) is 17.0. The third kappa shape index (κ3) is 2.78. The molecule has 2 aromatic rings. The molecule has 1 aromatic carbocycles. The number of hydrogen-bond donors (Lipinski definition) is 0. The second-order valence-corrected chi connectivity index (χ2v) is 5.99. The van der Waals surface area contributed by atoms with Crippen molar-refractivity contribution in [2.45, 2.75) is 13.3 Å². The Morgan fingerprint density at radius 1 is 1.19 bits per heavy atom. The topological polar surface area (TPSA) is 45.2 Å². The molecular weight excluding hydrogens is 286 g/mol. The van der Waals surface area contributed by atoms with Gasteiger partial charge in [-0.3, -0.25) is 0 Å². The highest BCUT2D eigenvalue weighted by Gasteiger charge is 2.25. The van der Waals surface area contributed by atoms with E-state index in [1.165, 1.54) is 5.56 Å². The number of aromatic nitrogens is 3. The van der Waals surface area contributed by atoms with Crippen molar-refractivity contribution in [1.29, 1.82) is 0 Å². The molecule has 21 heavy (non-hydrogen) atoms. The van der Waals surface area contributed by atoms with Crippen LogP contribution in [0.1, 0.15) is 12.5 Å². The molecule has 0 spiro atoms. The molecule has 0 saturated carbocycles. The SMILES string of the molecule is CC1Cc2ccccc2N(c2nc(Cl)nc(N(C)C)n2)C1. The number of rotatable bonds is 2. The van der Waals surface area contributed by atoms with Crippen LogP contribution in [0.2, 0.25) is 5.28 Å². The summed E-state index contributed by atoms with van der Waals surface area (Å²) < 4.78 is 0. The summed E-state index contributed by atoms with van der Waals surface area (Å²) in [6.07, 6.45) is 1.08. The summed E-state index contributed by atoms with van der Waals surface area (Å²) in [6.45, 7) is 3.11. The van der Waals surface area contributed by atoms with Gasteiger partial charge in [0, 0.05) is 26.3 Å². The molecule has 1 aliphatic rings. The van der Waals surface area contributed by atoms with Crippen molar-refractivity contribution in [2.24, 2.45) is 5.92 Å². The predicted octanol–water partition coefficient (Wildman–Crippen LogP) is 2.92. The van der Waals surface area contributed by atoms with Crippen LogP contribution in [0.15, 0.2) is 24.3 Å². The van der Waals surface area contributed by atoms with Crippen LogP contribution < -0.4 is 9.80 Å². The summed E-state index contributed by atoms with van der Waals surface area (Å²) in [5, 5.41) is 0.222. The number of halogens is 1. The quantitative estimate of drug-likeness (QED) is 0.853. The molecule has 0 saturated heterocycles. The molecule has 0 amide bonds. The first-order valence-electron chi connectivity index (χ1n) is 6.99. The Hall–Kier alpha value is -1.88. The molecule has 1 unspecified atom stereocenters. The maximum absolute atomic E-state index is 6.06. The fraction of sp³-hybridized carbons (Fsp3) is 0.400. The van der Waals surface area contributed by atoms with Gasteiger partial charge in [0.25, 0.3) is 0 Å². The number of nitrogens with zero attached hydrogens (tertiary/aromatic N) is 5. The molecule has 0 N–H and O–H groups in total. The molecular formula is C15H18ClN5. The minimum atomic E-state index is 0.222. The Kier molecular flexibility index (Phi) is 3.68. The monoisotopic (exact) mass is 303 g/mol. The van der Waals surface area contributed by atoms with Gasteiger partial charge in [0.15, 0.2) is 0 Å². The third-order valence-corrected chi connectivity index (χ3v) is 3.74. The molecule has 1 aliphatic heterocycles. The van der Waals surface area contributed by atoms with Crippen molar-refractivity contribution in [3.63, 3.8) is 0 Å². The zero-order chi connectivity index (χ0) is 15.0. The van der Waals surface area contributed by atoms with Crippen molar-refractivity contribution >= 4 is 29.2 Å². The lowest BCUT2D eigenvalue weighted by Crippen LogP contribution is -2.32. The van der Waals surface area contributed by atoms with E-state index in [2.05, 4.69) is 45.0 Å². The Bertz CT molecular complexity index is 658. The summed E-state index contributed by atoms with van der Waals surface area (Å²) in [5.74, 6) is 1.72. The van der Waals surface area contributed by atoms with Gasteiger partial charge in [-0.1, -0.05) is 25.1 Å². The summed E-state index contributed by atoms with van der Waals surface area (Å²) in [6, 6.07) is 8.38. The van der Waals surface area contributed by atoms with E-state index in [1.807, 2.05) is 25.1 Å². The zero-order valence-electron chi connectivity index (χ0n) is 12.4. The Morgan fingerprint density at radius 2 is 1.95 bits per heavy atom. The normalized spacial score (nSPS) is 17.5. The van der Waals surface area contributed by atoms with Gasteiger partial charge in [0.2, 0.25) is 17.2 Å². The van der Waals surface area contributed by atoms with Gasteiger partial charge in [0.1, 0.15) is 0 Å². The molecule has 1 atom stereocenters. The lowest BCUT2D eigenvalue weighted by molar-refractivity contribution is 0.557. The van der Waals surface area contributed by atoms with Crippen molar-refractivity contribution in [3.8, 4) is 0 Å². The fourth-order valence-electron chi connectivity index (χ4n) is 2.64. The Balaban J connectivity index is 2.08. The van der Waals surface area contributed by atoms with Crippen molar-refractivity contribution in [1.82, 2.24) is 15.0 Å². The second kappa shape index (κ2) is 5.48. The van der Waals surface area contributed by atoms with Crippen molar-refractivity contribution < 1.29 is 0 Å². The number of hydrogen-bond acceptors (Lipinski definition) is 5. The van der Waals surface area contributed by atoms with Crippen LogP contribution in [0.3, 0.4) is 0 Å². The smallest absolute Gasteiger partial charge is 0.236 e. The van der Waals surface area contributed by atoms with E-state index >= 15 is 0 Å². The van der Waals surface area contributed by atoms with Crippen LogP contribution in [0.5, 0.6) is 0 Å². The van der Waals surface area contributed by atoms with Crippen molar-refractivity contribution in [3.05, 3.63) is 35.1 Å². The van der Waals surface area contributed by atoms with E-state index in [9.17, 15) is 0 Å². The van der Waals surface area contributed by atoms with Gasteiger partial charge < -0.3 is 9.80 Å². The van der Waals surface area contributed by atoms with E-state index < -0.39 is 0 Å². The van der Waals surface area contributed by atoms with Gasteiger partial charge in [-0.15, -0.1) is 0 Å².